The number of piperazine rings is 1. The summed E-state index contributed by atoms with van der Waals surface area (Å²) in [5.74, 6) is -3.89. The zero-order chi connectivity index (χ0) is 29.4. The number of aromatic nitrogens is 1. The number of alkyl halides is 6. The summed E-state index contributed by atoms with van der Waals surface area (Å²) in [7, 11) is 0.764. The van der Waals surface area contributed by atoms with Gasteiger partial charge in [-0.3, -0.25) is 14.6 Å². The van der Waals surface area contributed by atoms with Crippen LogP contribution in [0.4, 0.5) is 32.2 Å². The molecule has 16 heteroatoms. The predicted molar refractivity (Wildman–Crippen MR) is 134 cm³/mol. The fourth-order valence-corrected chi connectivity index (χ4v) is 5.69. The van der Waals surface area contributed by atoms with E-state index in [9.17, 15) is 35.9 Å². The van der Waals surface area contributed by atoms with Crippen LogP contribution in [-0.2, 0) is 20.5 Å². The van der Waals surface area contributed by atoms with Gasteiger partial charge < -0.3 is 14.5 Å². The number of hydrogen-bond acceptors (Lipinski definition) is 9. The van der Waals surface area contributed by atoms with Gasteiger partial charge in [0.15, 0.2) is 0 Å². The van der Waals surface area contributed by atoms with Gasteiger partial charge in [0, 0.05) is 64.3 Å². The molecule has 1 amide bonds. The van der Waals surface area contributed by atoms with Crippen LogP contribution in [0.1, 0.15) is 29.8 Å². The average molecular weight is 598 g/mol. The number of nitrogens with zero attached hydrogens (tertiary/aromatic N) is 5. The summed E-state index contributed by atoms with van der Waals surface area (Å²) in [5.41, 5.74) is -1.76. The molecule has 0 saturated carbocycles. The van der Waals surface area contributed by atoms with Gasteiger partial charge in [0.25, 0.3) is 5.91 Å². The Hall–Kier alpha value is -2.69. The fraction of sp³-hybridized carbons (Fsp3) is 0.625. The highest BCUT2D eigenvalue weighted by molar-refractivity contribution is 7.17. The van der Waals surface area contributed by atoms with Gasteiger partial charge in [-0.1, -0.05) is 0 Å². The Labute approximate surface area is 230 Å². The van der Waals surface area contributed by atoms with Crippen molar-refractivity contribution in [3.05, 3.63) is 22.6 Å². The number of hydrogen-bond donors (Lipinski definition) is 0. The Morgan fingerprint density at radius 1 is 1.15 bits per heavy atom. The van der Waals surface area contributed by atoms with Crippen LogP contribution in [0.5, 0.6) is 0 Å². The van der Waals surface area contributed by atoms with Crippen molar-refractivity contribution in [2.75, 3.05) is 64.4 Å². The molecular formula is C24H29F6N5O4S. The molecular weight excluding hydrogens is 568 g/mol. The number of amides is 1. The third-order valence-corrected chi connectivity index (χ3v) is 7.84. The summed E-state index contributed by atoms with van der Waals surface area (Å²) in [4.78, 5) is 38.4. The number of halogens is 6. The molecule has 2 aromatic heterocycles. The molecule has 2 aromatic rings. The molecule has 2 aliphatic rings. The third kappa shape index (κ3) is 6.78. The second kappa shape index (κ2) is 11.7. The van der Waals surface area contributed by atoms with Gasteiger partial charge in [0.1, 0.15) is 5.82 Å². The van der Waals surface area contributed by atoms with Gasteiger partial charge in [-0.25, -0.2) is 9.78 Å². The van der Waals surface area contributed by atoms with Crippen LogP contribution in [0.2, 0.25) is 0 Å². The Morgan fingerprint density at radius 3 is 2.42 bits per heavy atom. The molecule has 2 fully saturated rings. The highest BCUT2D eigenvalue weighted by atomic mass is 32.1. The maximum absolute atomic E-state index is 14.0. The second-order valence-corrected chi connectivity index (χ2v) is 10.8. The molecule has 4 rings (SSSR count). The second-order valence-electron chi connectivity index (χ2n) is 9.90. The Bertz CT molecular complexity index is 1230. The number of pyridine rings is 1. The van der Waals surface area contributed by atoms with Crippen LogP contribution < -0.4 is 4.90 Å². The van der Waals surface area contributed by atoms with Crippen molar-refractivity contribution in [1.29, 1.82) is 0 Å². The number of fused-ring (bicyclic) bond motifs is 1. The molecule has 9 nitrogen and oxygen atoms in total. The zero-order valence-electron chi connectivity index (χ0n) is 22.0. The number of hydroxylamine groups is 2. The van der Waals surface area contributed by atoms with Crippen molar-refractivity contribution in [1.82, 2.24) is 19.8 Å². The third-order valence-electron chi connectivity index (χ3n) is 6.84. The Morgan fingerprint density at radius 2 is 1.82 bits per heavy atom. The van der Waals surface area contributed by atoms with Crippen LogP contribution in [0.3, 0.4) is 0 Å². The summed E-state index contributed by atoms with van der Waals surface area (Å²) < 4.78 is 85.2. The van der Waals surface area contributed by atoms with Crippen LogP contribution in [0.25, 0.3) is 10.2 Å². The van der Waals surface area contributed by atoms with Crippen molar-refractivity contribution >= 4 is 39.2 Å². The molecule has 0 N–H and O–H groups in total. The van der Waals surface area contributed by atoms with Crippen molar-refractivity contribution in [2.24, 2.45) is 0 Å². The van der Waals surface area contributed by atoms with Crippen molar-refractivity contribution in [3.8, 4) is 0 Å². The topological polar surface area (TPSA) is 78.5 Å². The molecule has 222 valence electrons. The van der Waals surface area contributed by atoms with Crippen LogP contribution in [-0.4, -0.2) is 110 Å². The normalized spacial score (nSPS) is 19.9. The van der Waals surface area contributed by atoms with Crippen LogP contribution >= 0.6 is 11.3 Å². The molecule has 0 aromatic carbocycles. The van der Waals surface area contributed by atoms with Gasteiger partial charge >= 0.3 is 18.3 Å². The smallest absolute Gasteiger partial charge is 0.374 e. The van der Waals surface area contributed by atoms with Gasteiger partial charge in [-0.05, 0) is 19.9 Å². The molecule has 0 spiro atoms. The Balaban J connectivity index is 1.52. The van der Waals surface area contributed by atoms with E-state index in [1.54, 1.807) is 4.90 Å². The van der Waals surface area contributed by atoms with E-state index in [0.717, 1.165) is 31.6 Å². The molecule has 1 atom stereocenters. The maximum atomic E-state index is 14.0. The molecule has 2 aliphatic heterocycles. The molecule has 0 bridgehead atoms. The van der Waals surface area contributed by atoms with Crippen LogP contribution in [0.15, 0.2) is 11.4 Å². The van der Waals surface area contributed by atoms with Crippen molar-refractivity contribution in [2.45, 2.75) is 38.3 Å². The van der Waals surface area contributed by atoms with Crippen LogP contribution in [0, 0.1) is 0 Å². The van der Waals surface area contributed by atoms with E-state index in [4.69, 9.17) is 4.74 Å². The number of carbonyl (C=O) groups excluding carboxylic acids is 2. The quantitative estimate of drug-likeness (QED) is 0.382. The van der Waals surface area contributed by atoms with Gasteiger partial charge in [0.05, 0.1) is 34.1 Å². The summed E-state index contributed by atoms with van der Waals surface area (Å²) in [6, 6.07) is 1.32. The fourth-order valence-electron chi connectivity index (χ4n) is 4.68. The lowest BCUT2D eigenvalue weighted by molar-refractivity contribution is -0.225. The lowest BCUT2D eigenvalue weighted by atomic mass is 10.1. The zero-order valence-corrected chi connectivity index (χ0v) is 22.8. The standard InChI is InChI=1S/C24H29F6N5O4S/c1-14(2)35-8-9-38-15(12-35)11-33-4-6-34(7-5-33)18-10-17(23(25,26)27)20-19(31-18)16(13-40-20)21(36)32(3)39-22(37)24(28,29)30/h10,13-15H,4-9,11-12H2,1-3H3. The van der Waals surface area contributed by atoms with E-state index < -0.39 is 35.4 Å². The molecule has 0 aliphatic carbocycles. The number of morpholine rings is 1. The van der Waals surface area contributed by atoms with E-state index in [1.807, 2.05) is 0 Å². The highest BCUT2D eigenvalue weighted by Gasteiger charge is 2.43. The summed E-state index contributed by atoms with van der Waals surface area (Å²) >= 11 is 0.578. The largest absolute Gasteiger partial charge is 0.493 e. The van der Waals surface area contributed by atoms with Crippen molar-refractivity contribution in [3.63, 3.8) is 0 Å². The summed E-state index contributed by atoms with van der Waals surface area (Å²) in [5, 5.41) is 1.09. The number of ether oxygens (including phenoxy) is 1. The number of thiophene rings is 1. The molecule has 4 heterocycles. The Kier molecular flexibility index (Phi) is 8.82. The van der Waals surface area contributed by atoms with Gasteiger partial charge in [-0.15, -0.1) is 11.3 Å². The van der Waals surface area contributed by atoms with E-state index in [-0.39, 0.29) is 27.2 Å². The predicted octanol–water partition coefficient (Wildman–Crippen LogP) is 3.64. The molecule has 0 radical (unpaired) electrons. The van der Waals surface area contributed by atoms with E-state index in [0.29, 0.717) is 56.7 Å². The first-order valence-corrected chi connectivity index (χ1v) is 13.4. The molecule has 40 heavy (non-hydrogen) atoms. The molecule has 2 saturated heterocycles. The van der Waals surface area contributed by atoms with E-state index in [1.165, 1.54) is 0 Å². The van der Waals surface area contributed by atoms with Gasteiger partial charge in [0.2, 0.25) is 0 Å². The SMILES string of the molecule is CC(C)N1CCOC(CN2CCN(c3cc(C(F)(F)F)c4scc(C(=O)N(C)OC(=O)C(F)(F)F)c4n3)CC2)C1. The number of anilines is 1. The van der Waals surface area contributed by atoms with E-state index >= 15 is 0 Å². The number of rotatable bonds is 5. The summed E-state index contributed by atoms with van der Waals surface area (Å²) in [6.45, 7) is 9.07. The number of carbonyl (C=O) groups is 2. The summed E-state index contributed by atoms with van der Waals surface area (Å²) in [6.07, 6.45) is -10.1. The minimum atomic E-state index is -5.36. The highest BCUT2D eigenvalue weighted by Crippen LogP contribution is 2.40. The lowest BCUT2D eigenvalue weighted by Crippen LogP contribution is -2.53. The minimum Gasteiger partial charge on any atom is -0.374 e. The monoisotopic (exact) mass is 597 g/mol. The van der Waals surface area contributed by atoms with Gasteiger partial charge in [-0.2, -0.15) is 31.4 Å². The van der Waals surface area contributed by atoms with E-state index in [2.05, 4.69) is 33.5 Å². The minimum absolute atomic E-state index is 0.0123. The maximum Gasteiger partial charge on any atom is 0.493 e. The van der Waals surface area contributed by atoms with Crippen molar-refractivity contribution < 1.29 is 45.5 Å². The first-order chi connectivity index (χ1) is 18.6. The average Bonchev–Trinajstić information content (AvgIpc) is 3.31. The lowest BCUT2D eigenvalue weighted by Gasteiger charge is -2.40. The first-order valence-electron chi connectivity index (χ1n) is 12.5. The molecule has 1 unspecified atom stereocenters. The first kappa shape index (κ1) is 30.3.